The number of unbranched alkanes of at least 4 members (excludes halogenated alkanes) is 1. The van der Waals surface area contributed by atoms with E-state index in [0.717, 1.165) is 35.9 Å². The maximum absolute atomic E-state index is 12.3. The van der Waals surface area contributed by atoms with Crippen molar-refractivity contribution in [2.75, 3.05) is 0 Å². The fraction of sp³-hybridized carbons (Fsp3) is 0.316. The van der Waals surface area contributed by atoms with Gasteiger partial charge in [-0.1, -0.05) is 56.2 Å². The number of aliphatic hydroxyl groups is 1. The first-order valence-electron chi connectivity index (χ1n) is 8.13. The van der Waals surface area contributed by atoms with Crippen molar-refractivity contribution in [1.82, 2.24) is 9.78 Å². The molecule has 2 N–H and O–H groups in total. The molecule has 4 nitrogen and oxygen atoms in total. The summed E-state index contributed by atoms with van der Waals surface area (Å²) in [5.41, 5.74) is 2.81. The molecule has 0 bridgehead atoms. The molecule has 0 saturated carbocycles. The van der Waals surface area contributed by atoms with Crippen LogP contribution in [0.5, 0.6) is 0 Å². The van der Waals surface area contributed by atoms with E-state index in [4.69, 9.17) is 0 Å². The number of aromatic amines is 1. The number of aromatic nitrogens is 2. The molecule has 120 valence electrons. The molecule has 0 aliphatic rings. The minimum atomic E-state index is -0.403. The molecule has 0 radical (unpaired) electrons. The first-order chi connectivity index (χ1) is 11.2. The quantitative estimate of drug-likeness (QED) is 0.731. The number of hydrogen-bond donors (Lipinski definition) is 2. The Morgan fingerprint density at radius 3 is 2.57 bits per heavy atom. The molecule has 3 aromatic rings. The van der Waals surface area contributed by atoms with E-state index in [2.05, 4.69) is 12.0 Å². The number of H-pyrrole nitrogens is 1. The lowest BCUT2D eigenvalue weighted by atomic mass is 10.0. The lowest BCUT2D eigenvalue weighted by Crippen LogP contribution is -2.17. The Bertz CT molecular complexity index is 830. The van der Waals surface area contributed by atoms with Gasteiger partial charge in [-0.3, -0.25) is 9.89 Å². The summed E-state index contributed by atoms with van der Waals surface area (Å²) in [6, 6.07) is 15.4. The van der Waals surface area contributed by atoms with Crippen molar-refractivity contribution < 1.29 is 5.11 Å². The molecule has 1 heterocycles. The van der Waals surface area contributed by atoms with Crippen LogP contribution < -0.4 is 5.56 Å². The van der Waals surface area contributed by atoms with Gasteiger partial charge in [-0.25, -0.2) is 4.68 Å². The van der Waals surface area contributed by atoms with Gasteiger partial charge in [0, 0.05) is 0 Å². The highest BCUT2D eigenvalue weighted by molar-refractivity contribution is 5.77. The van der Waals surface area contributed by atoms with E-state index in [1.54, 1.807) is 4.68 Å². The highest BCUT2D eigenvalue weighted by Crippen LogP contribution is 2.19. The SMILES string of the molecule is CCCCC(O)c1ccc(Cn2[nH]c3ccccc3c2=O)cc1. The molecule has 0 fully saturated rings. The van der Waals surface area contributed by atoms with Crippen LogP contribution in [0.1, 0.15) is 43.4 Å². The first kappa shape index (κ1) is 15.6. The third-order valence-electron chi connectivity index (χ3n) is 4.19. The fourth-order valence-corrected chi connectivity index (χ4v) is 2.81. The molecule has 0 aliphatic heterocycles. The second-order valence-corrected chi connectivity index (χ2v) is 5.95. The molecule has 23 heavy (non-hydrogen) atoms. The number of hydrogen-bond acceptors (Lipinski definition) is 2. The molecule has 2 aromatic carbocycles. The Morgan fingerprint density at radius 1 is 1.13 bits per heavy atom. The average Bonchev–Trinajstić information content (AvgIpc) is 2.90. The third-order valence-corrected chi connectivity index (χ3v) is 4.19. The number of para-hydroxylation sites is 1. The van der Waals surface area contributed by atoms with E-state index in [1.807, 2.05) is 48.5 Å². The van der Waals surface area contributed by atoms with E-state index in [0.29, 0.717) is 11.9 Å². The molecule has 3 rings (SSSR count). The van der Waals surface area contributed by atoms with Crippen molar-refractivity contribution >= 4 is 10.9 Å². The van der Waals surface area contributed by atoms with Gasteiger partial charge in [0.15, 0.2) is 0 Å². The predicted molar refractivity (Wildman–Crippen MR) is 92.6 cm³/mol. The fourth-order valence-electron chi connectivity index (χ4n) is 2.81. The van der Waals surface area contributed by atoms with Crippen LogP contribution in [-0.4, -0.2) is 14.9 Å². The van der Waals surface area contributed by atoms with Crippen LogP contribution in [-0.2, 0) is 6.54 Å². The summed E-state index contributed by atoms with van der Waals surface area (Å²) in [5, 5.41) is 14.0. The number of fused-ring (bicyclic) bond motifs is 1. The summed E-state index contributed by atoms with van der Waals surface area (Å²) in [6.07, 6.45) is 2.49. The van der Waals surface area contributed by atoms with E-state index in [9.17, 15) is 9.90 Å². The molecule has 4 heteroatoms. The Balaban J connectivity index is 1.77. The molecule has 1 unspecified atom stereocenters. The van der Waals surface area contributed by atoms with E-state index in [-0.39, 0.29) is 5.56 Å². The molecule has 1 atom stereocenters. The Kier molecular flexibility index (Phi) is 4.63. The molecular weight excluding hydrogens is 288 g/mol. The largest absolute Gasteiger partial charge is 0.388 e. The number of benzene rings is 2. The number of aliphatic hydroxyl groups excluding tert-OH is 1. The van der Waals surface area contributed by atoms with Gasteiger partial charge in [0.2, 0.25) is 0 Å². The molecule has 0 spiro atoms. The standard InChI is InChI=1S/C19H22N2O2/c1-2-3-8-18(22)15-11-9-14(10-12-15)13-21-19(23)16-6-4-5-7-17(16)20-21/h4-7,9-12,18,20,22H,2-3,8,13H2,1H3. The van der Waals surface area contributed by atoms with Crippen LogP contribution in [0.4, 0.5) is 0 Å². The van der Waals surface area contributed by atoms with E-state index >= 15 is 0 Å². The van der Waals surface area contributed by atoms with Crippen LogP contribution >= 0.6 is 0 Å². The Labute approximate surface area is 135 Å². The van der Waals surface area contributed by atoms with Gasteiger partial charge >= 0.3 is 0 Å². The van der Waals surface area contributed by atoms with Crippen molar-refractivity contribution in [2.45, 2.75) is 38.8 Å². The van der Waals surface area contributed by atoms with Gasteiger partial charge in [0.05, 0.1) is 23.6 Å². The summed E-state index contributed by atoms with van der Waals surface area (Å²) in [5.74, 6) is 0. The van der Waals surface area contributed by atoms with Crippen molar-refractivity contribution in [3.63, 3.8) is 0 Å². The molecule has 1 aromatic heterocycles. The molecule has 0 saturated heterocycles. The van der Waals surface area contributed by atoms with Crippen molar-refractivity contribution in [2.24, 2.45) is 0 Å². The molecular formula is C19H22N2O2. The number of nitrogens with one attached hydrogen (secondary N) is 1. The minimum Gasteiger partial charge on any atom is -0.388 e. The highest BCUT2D eigenvalue weighted by atomic mass is 16.3. The zero-order valence-corrected chi connectivity index (χ0v) is 13.3. The van der Waals surface area contributed by atoms with Crippen LogP contribution in [0.3, 0.4) is 0 Å². The van der Waals surface area contributed by atoms with Gasteiger partial charge < -0.3 is 5.11 Å². The Morgan fingerprint density at radius 2 is 1.87 bits per heavy atom. The summed E-state index contributed by atoms with van der Waals surface area (Å²) >= 11 is 0. The monoisotopic (exact) mass is 310 g/mol. The van der Waals surface area contributed by atoms with E-state index in [1.165, 1.54) is 0 Å². The summed E-state index contributed by atoms with van der Waals surface area (Å²) < 4.78 is 1.62. The number of nitrogens with zero attached hydrogens (tertiary/aromatic N) is 1. The lowest BCUT2D eigenvalue weighted by Gasteiger charge is -2.11. The normalized spacial score (nSPS) is 12.6. The average molecular weight is 310 g/mol. The van der Waals surface area contributed by atoms with Gasteiger partial charge in [-0.05, 0) is 29.7 Å². The molecule has 0 aliphatic carbocycles. The zero-order chi connectivity index (χ0) is 16.2. The summed E-state index contributed by atoms with van der Waals surface area (Å²) in [7, 11) is 0. The minimum absolute atomic E-state index is 0.00680. The van der Waals surface area contributed by atoms with Crippen LogP contribution in [0.2, 0.25) is 0 Å². The van der Waals surface area contributed by atoms with Crippen molar-refractivity contribution in [3.8, 4) is 0 Å². The maximum Gasteiger partial charge on any atom is 0.274 e. The summed E-state index contributed by atoms with van der Waals surface area (Å²) in [6.45, 7) is 2.62. The van der Waals surface area contributed by atoms with Crippen LogP contribution in [0, 0.1) is 0 Å². The van der Waals surface area contributed by atoms with Gasteiger partial charge in [-0.2, -0.15) is 0 Å². The van der Waals surface area contributed by atoms with Gasteiger partial charge in [0.1, 0.15) is 0 Å². The van der Waals surface area contributed by atoms with E-state index < -0.39 is 6.10 Å². The maximum atomic E-state index is 12.3. The second kappa shape index (κ2) is 6.84. The summed E-state index contributed by atoms with van der Waals surface area (Å²) in [4.78, 5) is 12.3. The molecule has 0 amide bonds. The lowest BCUT2D eigenvalue weighted by molar-refractivity contribution is 0.164. The van der Waals surface area contributed by atoms with Crippen LogP contribution in [0.25, 0.3) is 10.9 Å². The van der Waals surface area contributed by atoms with Crippen LogP contribution in [0.15, 0.2) is 53.3 Å². The number of rotatable bonds is 6. The zero-order valence-electron chi connectivity index (χ0n) is 13.3. The first-order valence-corrected chi connectivity index (χ1v) is 8.13. The second-order valence-electron chi connectivity index (χ2n) is 5.95. The highest BCUT2D eigenvalue weighted by Gasteiger charge is 2.08. The van der Waals surface area contributed by atoms with Crippen molar-refractivity contribution in [1.29, 1.82) is 0 Å². The third kappa shape index (κ3) is 3.37. The van der Waals surface area contributed by atoms with Crippen molar-refractivity contribution in [3.05, 3.63) is 70.0 Å². The Hall–Kier alpha value is -2.33. The smallest absolute Gasteiger partial charge is 0.274 e. The predicted octanol–water partition coefficient (Wildman–Crippen LogP) is 3.60. The topological polar surface area (TPSA) is 58.0 Å². The van der Waals surface area contributed by atoms with Gasteiger partial charge in [0.25, 0.3) is 5.56 Å². The van der Waals surface area contributed by atoms with Gasteiger partial charge in [-0.15, -0.1) is 0 Å².